The van der Waals surface area contributed by atoms with Crippen LogP contribution in [0.25, 0.3) is 0 Å². The van der Waals surface area contributed by atoms with Gasteiger partial charge in [-0.25, -0.2) is 9.86 Å². The SMILES string of the molecule is CON(C)C(=O)c1cc(NC(=O)C2CC(SC(C)=O)CN2C(=O)OCc2ccc([N+](=O)[O-])cc2)cc([N+](=O)[O-])c1. The predicted octanol–water partition coefficient (Wildman–Crippen LogP) is 3.13. The Morgan fingerprint density at radius 2 is 1.73 bits per heavy atom. The van der Waals surface area contributed by atoms with Crippen molar-refractivity contribution in [2.75, 3.05) is 26.0 Å². The lowest BCUT2D eigenvalue weighted by Gasteiger charge is -2.23. The average Bonchev–Trinajstić information content (AvgIpc) is 3.34. The molecule has 2 unspecified atom stereocenters. The monoisotopic (exact) mass is 575 g/mol. The van der Waals surface area contributed by atoms with Crippen LogP contribution in [0.4, 0.5) is 21.9 Å². The van der Waals surface area contributed by atoms with Crippen molar-refractivity contribution in [3.63, 3.8) is 0 Å². The first-order valence-corrected chi connectivity index (χ1v) is 12.5. The number of nitro groups is 2. The fraction of sp³-hybridized carbons (Fsp3) is 0.333. The third-order valence-electron chi connectivity index (χ3n) is 5.84. The number of hydrogen-bond acceptors (Lipinski definition) is 11. The molecule has 1 aliphatic rings. The number of hydroxylamine groups is 2. The van der Waals surface area contributed by atoms with Crippen molar-refractivity contribution in [1.29, 1.82) is 0 Å². The van der Waals surface area contributed by atoms with E-state index in [2.05, 4.69) is 5.32 Å². The van der Waals surface area contributed by atoms with Crippen molar-refractivity contribution in [3.05, 3.63) is 73.8 Å². The molecule has 1 aliphatic heterocycles. The van der Waals surface area contributed by atoms with Gasteiger partial charge in [0.1, 0.15) is 12.6 Å². The summed E-state index contributed by atoms with van der Waals surface area (Å²) in [5.41, 5.74) is -0.293. The molecule has 1 heterocycles. The number of nitrogens with zero attached hydrogens (tertiary/aromatic N) is 4. The summed E-state index contributed by atoms with van der Waals surface area (Å²) in [6, 6.07) is 7.61. The molecule has 2 aromatic rings. The summed E-state index contributed by atoms with van der Waals surface area (Å²) in [5, 5.41) is 25.0. The third kappa shape index (κ3) is 7.51. The van der Waals surface area contributed by atoms with E-state index in [-0.39, 0.29) is 41.6 Å². The average molecular weight is 576 g/mol. The van der Waals surface area contributed by atoms with Crippen LogP contribution in [0, 0.1) is 20.2 Å². The zero-order chi connectivity index (χ0) is 29.6. The molecule has 3 amide bonds. The number of ether oxygens (including phenoxy) is 1. The second-order valence-electron chi connectivity index (χ2n) is 8.61. The number of carbonyl (C=O) groups is 4. The number of anilines is 1. The molecule has 15 nitrogen and oxygen atoms in total. The van der Waals surface area contributed by atoms with Gasteiger partial charge in [-0.1, -0.05) is 11.8 Å². The summed E-state index contributed by atoms with van der Waals surface area (Å²) in [6.07, 6.45) is -0.766. The molecule has 1 N–H and O–H groups in total. The Bertz CT molecular complexity index is 1340. The highest BCUT2D eigenvalue weighted by atomic mass is 32.2. The lowest BCUT2D eigenvalue weighted by molar-refractivity contribution is -0.385. The molecule has 3 rings (SSSR count). The summed E-state index contributed by atoms with van der Waals surface area (Å²) < 4.78 is 5.33. The first-order valence-electron chi connectivity index (χ1n) is 11.7. The van der Waals surface area contributed by atoms with Gasteiger partial charge in [-0.3, -0.25) is 44.3 Å². The van der Waals surface area contributed by atoms with Crippen LogP contribution < -0.4 is 5.32 Å². The van der Waals surface area contributed by atoms with Gasteiger partial charge in [0.05, 0.1) is 22.5 Å². The molecule has 0 aromatic heterocycles. The number of likely N-dealkylation sites (tertiary alicyclic amines) is 1. The van der Waals surface area contributed by atoms with E-state index in [0.717, 1.165) is 33.9 Å². The molecule has 0 spiro atoms. The van der Waals surface area contributed by atoms with E-state index in [1.165, 1.54) is 51.4 Å². The van der Waals surface area contributed by atoms with Crippen LogP contribution in [-0.4, -0.2) is 74.8 Å². The normalized spacial score (nSPS) is 16.2. The van der Waals surface area contributed by atoms with Crippen LogP contribution in [0.15, 0.2) is 42.5 Å². The van der Waals surface area contributed by atoms with Gasteiger partial charge in [0.2, 0.25) is 5.91 Å². The largest absolute Gasteiger partial charge is 0.445 e. The van der Waals surface area contributed by atoms with Crippen LogP contribution >= 0.6 is 11.8 Å². The second-order valence-corrected chi connectivity index (χ2v) is 10.1. The molecule has 40 heavy (non-hydrogen) atoms. The predicted molar refractivity (Wildman–Crippen MR) is 141 cm³/mol. The highest BCUT2D eigenvalue weighted by Gasteiger charge is 2.41. The summed E-state index contributed by atoms with van der Waals surface area (Å²) in [4.78, 5) is 77.4. The van der Waals surface area contributed by atoms with Crippen molar-refractivity contribution in [2.24, 2.45) is 0 Å². The molecular weight excluding hydrogens is 550 g/mol. The standard InChI is InChI=1S/C24H25N5O10S/c1-14(30)40-20-11-21(27(12-20)24(33)39-13-15-4-6-18(7-5-15)28(34)35)22(31)25-17-8-16(23(32)26(2)38-3)9-19(10-17)29(36)37/h4-10,20-21H,11-13H2,1-3H3,(H,25,31). The number of nitrogens with one attached hydrogen (secondary N) is 1. The number of rotatable bonds is 9. The number of carbonyl (C=O) groups excluding carboxylic acids is 4. The Morgan fingerprint density at radius 1 is 1.07 bits per heavy atom. The fourth-order valence-corrected chi connectivity index (χ4v) is 4.90. The van der Waals surface area contributed by atoms with Crippen molar-refractivity contribution in [3.8, 4) is 0 Å². The van der Waals surface area contributed by atoms with Crippen molar-refractivity contribution in [2.45, 2.75) is 31.2 Å². The van der Waals surface area contributed by atoms with Crippen LogP contribution in [0.5, 0.6) is 0 Å². The molecule has 0 bridgehead atoms. The Labute approximate surface area is 231 Å². The van der Waals surface area contributed by atoms with Gasteiger partial charge >= 0.3 is 6.09 Å². The Kier molecular flexibility index (Phi) is 9.73. The Morgan fingerprint density at radius 3 is 2.30 bits per heavy atom. The van der Waals surface area contributed by atoms with Crippen molar-refractivity contribution in [1.82, 2.24) is 9.96 Å². The van der Waals surface area contributed by atoms with E-state index < -0.39 is 44.7 Å². The minimum absolute atomic E-state index is 0.0126. The molecule has 0 aliphatic carbocycles. The van der Waals surface area contributed by atoms with Gasteiger partial charge in [-0.2, -0.15) is 0 Å². The summed E-state index contributed by atoms with van der Waals surface area (Å²) in [7, 11) is 2.55. The van der Waals surface area contributed by atoms with E-state index in [1.54, 1.807) is 0 Å². The molecule has 1 saturated heterocycles. The van der Waals surface area contributed by atoms with Crippen molar-refractivity contribution < 1.29 is 38.6 Å². The van der Waals surface area contributed by atoms with Crippen LogP contribution in [0.3, 0.4) is 0 Å². The van der Waals surface area contributed by atoms with Gasteiger partial charge in [0, 0.05) is 55.7 Å². The van der Waals surface area contributed by atoms with Crippen LogP contribution in [0.1, 0.15) is 29.3 Å². The zero-order valence-corrected chi connectivity index (χ0v) is 22.4. The number of benzene rings is 2. The Hall–Kier alpha value is -4.57. The van der Waals surface area contributed by atoms with Gasteiger partial charge in [0.15, 0.2) is 5.12 Å². The molecular formula is C24H25N5O10S. The topological polar surface area (TPSA) is 192 Å². The van der Waals surface area contributed by atoms with Crippen molar-refractivity contribution >= 4 is 51.8 Å². The number of non-ortho nitro benzene ring substituents is 2. The summed E-state index contributed by atoms with van der Waals surface area (Å²) in [6.45, 7) is 1.14. The van der Waals surface area contributed by atoms with E-state index >= 15 is 0 Å². The molecule has 2 aromatic carbocycles. The van der Waals surface area contributed by atoms with E-state index in [9.17, 15) is 39.4 Å². The maximum atomic E-state index is 13.3. The third-order valence-corrected chi connectivity index (χ3v) is 6.85. The number of amides is 3. The highest BCUT2D eigenvalue weighted by Crippen LogP contribution is 2.30. The minimum Gasteiger partial charge on any atom is -0.445 e. The second kappa shape index (κ2) is 13.0. The smallest absolute Gasteiger partial charge is 0.410 e. The maximum absolute atomic E-state index is 13.3. The lowest BCUT2D eigenvalue weighted by Crippen LogP contribution is -2.43. The first kappa shape index (κ1) is 30.0. The van der Waals surface area contributed by atoms with Gasteiger partial charge in [-0.05, 0) is 30.2 Å². The first-order chi connectivity index (χ1) is 18.9. The molecule has 0 saturated carbocycles. The molecule has 212 valence electrons. The van der Waals surface area contributed by atoms with Crippen LogP contribution in [0.2, 0.25) is 0 Å². The lowest BCUT2D eigenvalue weighted by atomic mass is 10.1. The maximum Gasteiger partial charge on any atom is 0.410 e. The molecule has 0 radical (unpaired) electrons. The van der Waals surface area contributed by atoms with Crippen LogP contribution in [-0.2, 0) is 25.8 Å². The molecule has 16 heteroatoms. The summed E-state index contributed by atoms with van der Waals surface area (Å²) in [5.74, 6) is -1.41. The minimum atomic E-state index is -1.10. The number of thioether (sulfide) groups is 1. The highest BCUT2D eigenvalue weighted by molar-refractivity contribution is 8.14. The quantitative estimate of drug-likeness (QED) is 0.341. The van der Waals surface area contributed by atoms with Gasteiger partial charge < -0.3 is 10.1 Å². The fourth-order valence-electron chi connectivity index (χ4n) is 3.91. The molecule has 2 atom stereocenters. The zero-order valence-electron chi connectivity index (χ0n) is 21.6. The van der Waals surface area contributed by atoms with E-state index in [1.807, 2.05) is 0 Å². The van der Waals surface area contributed by atoms with E-state index in [4.69, 9.17) is 9.57 Å². The Balaban J connectivity index is 1.80. The van der Waals surface area contributed by atoms with E-state index in [0.29, 0.717) is 5.56 Å². The number of hydrogen-bond donors (Lipinski definition) is 1. The summed E-state index contributed by atoms with van der Waals surface area (Å²) >= 11 is 0.962. The molecule has 1 fully saturated rings. The number of nitro benzene ring substituents is 2. The van der Waals surface area contributed by atoms with Gasteiger partial charge in [-0.15, -0.1) is 0 Å². The van der Waals surface area contributed by atoms with Gasteiger partial charge in [0.25, 0.3) is 17.3 Å².